The number of amides is 2. The quantitative estimate of drug-likeness (QED) is 0.684. The first-order valence-electron chi connectivity index (χ1n) is 4.35. The molecule has 18 heavy (non-hydrogen) atoms. The average Bonchev–Trinajstić information content (AvgIpc) is 2.23. The zero-order valence-corrected chi connectivity index (χ0v) is 10.5. The van der Waals surface area contributed by atoms with Gasteiger partial charge in [0.15, 0.2) is 11.6 Å². The summed E-state index contributed by atoms with van der Waals surface area (Å²) in [6.07, 6.45) is -2.92. The van der Waals surface area contributed by atoms with Crippen LogP contribution in [0.2, 0.25) is 0 Å². The van der Waals surface area contributed by atoms with E-state index in [2.05, 4.69) is 26.7 Å². The fraction of sp³-hybridized carbons (Fsp3) is 0.111. The summed E-state index contributed by atoms with van der Waals surface area (Å²) in [5.74, 6) is -1.53. The van der Waals surface area contributed by atoms with Gasteiger partial charge in [-0.05, 0) is 15.9 Å². The van der Waals surface area contributed by atoms with Gasteiger partial charge in [-0.3, -0.25) is 10.6 Å². The van der Waals surface area contributed by atoms with Crippen LogP contribution in [0, 0.1) is 11.9 Å². The molecule has 1 radical (unpaired) electrons. The summed E-state index contributed by atoms with van der Waals surface area (Å²) in [5, 5.41) is 20.8. The van der Waals surface area contributed by atoms with E-state index in [1.807, 2.05) is 5.32 Å². The van der Waals surface area contributed by atoms with E-state index >= 15 is 0 Å². The number of ether oxygens (including phenoxy) is 1. The number of methoxy groups -OCH3 is 1. The minimum absolute atomic E-state index is 0.0908. The number of nitrogens with one attached hydrogen (secondary N) is 2. The average molecular weight is 322 g/mol. The lowest BCUT2D eigenvalue weighted by molar-refractivity contribution is 0.208. The van der Waals surface area contributed by atoms with Gasteiger partial charge >= 0.3 is 12.2 Å². The Morgan fingerprint density at radius 3 is 2.33 bits per heavy atom. The van der Waals surface area contributed by atoms with Gasteiger partial charge in [-0.15, -0.1) is 0 Å². The Balaban J connectivity index is 3.34. The molecule has 0 heterocycles. The van der Waals surface area contributed by atoms with Gasteiger partial charge < -0.3 is 14.9 Å². The zero-order chi connectivity index (χ0) is 13.9. The molecule has 0 aliphatic carbocycles. The van der Waals surface area contributed by atoms with Crippen molar-refractivity contribution < 1.29 is 28.9 Å². The third-order valence-corrected chi connectivity index (χ3v) is 2.36. The van der Waals surface area contributed by atoms with E-state index in [1.54, 1.807) is 5.32 Å². The first-order chi connectivity index (χ1) is 8.36. The van der Waals surface area contributed by atoms with Crippen LogP contribution in [0.25, 0.3) is 0 Å². The first-order valence-corrected chi connectivity index (χ1v) is 5.14. The van der Waals surface area contributed by atoms with Crippen molar-refractivity contribution in [3.8, 4) is 5.75 Å². The summed E-state index contributed by atoms with van der Waals surface area (Å²) >= 11 is 2.87. The topological polar surface area (TPSA) is 108 Å². The van der Waals surface area contributed by atoms with E-state index in [0.717, 1.165) is 7.11 Å². The summed E-state index contributed by atoms with van der Waals surface area (Å²) < 4.78 is 18.4. The van der Waals surface area contributed by atoms with Gasteiger partial charge in [0.1, 0.15) is 0 Å². The summed E-state index contributed by atoms with van der Waals surface area (Å²) in [6, 6.07) is 2.41. The summed E-state index contributed by atoms with van der Waals surface area (Å²) in [7, 11) is 1.11. The minimum atomic E-state index is -1.48. The van der Waals surface area contributed by atoms with E-state index < -0.39 is 29.4 Å². The van der Waals surface area contributed by atoms with Crippen LogP contribution in [0.1, 0.15) is 0 Å². The minimum Gasteiger partial charge on any atom is -0.491 e. The van der Waals surface area contributed by atoms with Crippen LogP contribution >= 0.6 is 15.9 Å². The van der Waals surface area contributed by atoms with Crippen molar-refractivity contribution in [1.82, 2.24) is 0 Å². The van der Waals surface area contributed by atoms with Crippen molar-refractivity contribution in [2.75, 3.05) is 17.7 Å². The molecule has 7 nitrogen and oxygen atoms in total. The fourth-order valence-corrected chi connectivity index (χ4v) is 1.62. The molecule has 97 valence electrons. The number of rotatable bonds is 3. The molecule has 0 aliphatic rings. The van der Waals surface area contributed by atoms with Gasteiger partial charge in [-0.1, -0.05) is 0 Å². The maximum atomic E-state index is 13.9. The number of carboxylic acid groups (broad SMARTS) is 2. The molecule has 0 saturated carbocycles. The fourth-order valence-electron chi connectivity index (χ4n) is 1.15. The molecule has 9 heteroatoms. The molecule has 0 unspecified atom stereocenters. The van der Waals surface area contributed by atoms with Crippen molar-refractivity contribution in [3.63, 3.8) is 0 Å². The maximum absolute atomic E-state index is 13.9. The Hall–Kier alpha value is -2.03. The van der Waals surface area contributed by atoms with Gasteiger partial charge in [0.25, 0.3) is 0 Å². The van der Waals surface area contributed by atoms with E-state index in [-0.39, 0.29) is 10.2 Å². The highest BCUT2D eigenvalue weighted by atomic mass is 79.9. The third-order valence-electron chi connectivity index (χ3n) is 1.77. The predicted molar refractivity (Wildman–Crippen MR) is 62.8 cm³/mol. The Morgan fingerprint density at radius 2 is 1.89 bits per heavy atom. The first kappa shape index (κ1) is 14.0. The van der Waals surface area contributed by atoms with Crippen molar-refractivity contribution in [1.29, 1.82) is 0 Å². The Kier molecular flexibility index (Phi) is 4.32. The number of hydrogen-bond donors (Lipinski definition) is 4. The molecule has 4 N–H and O–H groups in total. The molecule has 0 atom stereocenters. The van der Waals surface area contributed by atoms with Crippen LogP contribution in [-0.4, -0.2) is 29.5 Å². The second kappa shape index (κ2) is 5.54. The number of halogens is 2. The van der Waals surface area contributed by atoms with E-state index in [4.69, 9.17) is 10.2 Å². The van der Waals surface area contributed by atoms with Crippen LogP contribution in [-0.2, 0) is 0 Å². The molecular weight excluding hydrogens is 315 g/mol. The summed E-state index contributed by atoms with van der Waals surface area (Å²) in [4.78, 5) is 21.0. The highest BCUT2D eigenvalue weighted by molar-refractivity contribution is 9.10. The Morgan fingerprint density at radius 1 is 1.33 bits per heavy atom. The molecule has 0 aromatic heterocycles. The van der Waals surface area contributed by atoms with Gasteiger partial charge in [-0.2, -0.15) is 0 Å². The largest absolute Gasteiger partial charge is 0.491 e. The number of hydrogen-bond acceptors (Lipinski definition) is 3. The lowest BCUT2D eigenvalue weighted by Gasteiger charge is -2.13. The van der Waals surface area contributed by atoms with Crippen LogP contribution in [0.15, 0.2) is 4.47 Å². The van der Waals surface area contributed by atoms with Crippen molar-refractivity contribution in [3.05, 3.63) is 16.4 Å². The van der Waals surface area contributed by atoms with Crippen LogP contribution in [0.3, 0.4) is 0 Å². The second-order valence-electron chi connectivity index (χ2n) is 2.90. The molecule has 2 amide bonds. The molecule has 0 fully saturated rings. The Labute approximate surface area is 109 Å². The van der Waals surface area contributed by atoms with Gasteiger partial charge in [0.05, 0.1) is 23.0 Å². The summed E-state index contributed by atoms with van der Waals surface area (Å²) in [6.45, 7) is 0. The number of carbonyl (C=O) groups is 2. The normalized spacial score (nSPS) is 9.72. The number of anilines is 2. The molecule has 0 aliphatic heterocycles. The zero-order valence-electron chi connectivity index (χ0n) is 8.88. The lowest BCUT2D eigenvalue weighted by atomic mass is 10.2. The molecular formula is C9H7BrFN2O5. The standard InChI is InChI=1S/C9H7BrFN2O5/c1-18-7-4(12-8(14)15)2-3(10)6(5(7)11)13-9(16)17/h12-13H,1H3,(H,14,15)(H,16,17). The van der Waals surface area contributed by atoms with Crippen LogP contribution in [0.4, 0.5) is 25.4 Å². The highest BCUT2D eigenvalue weighted by Gasteiger charge is 2.21. The van der Waals surface area contributed by atoms with E-state index in [1.165, 1.54) is 0 Å². The van der Waals surface area contributed by atoms with E-state index in [9.17, 15) is 14.0 Å². The summed E-state index contributed by atoms with van der Waals surface area (Å²) in [5.41, 5.74) is -0.694. The van der Waals surface area contributed by atoms with Gasteiger partial charge in [0, 0.05) is 6.07 Å². The van der Waals surface area contributed by atoms with Crippen molar-refractivity contribution in [2.24, 2.45) is 0 Å². The maximum Gasteiger partial charge on any atom is 0.409 e. The molecule has 1 aromatic rings. The van der Waals surface area contributed by atoms with Crippen LogP contribution < -0.4 is 15.4 Å². The monoisotopic (exact) mass is 321 g/mol. The Bertz CT molecular complexity index is 508. The lowest BCUT2D eigenvalue weighted by Crippen LogP contribution is -2.13. The molecule has 1 rings (SSSR count). The third kappa shape index (κ3) is 3.00. The molecule has 0 saturated heterocycles. The van der Waals surface area contributed by atoms with Crippen LogP contribution in [0.5, 0.6) is 5.75 Å². The smallest absolute Gasteiger partial charge is 0.409 e. The second-order valence-corrected chi connectivity index (χ2v) is 3.69. The highest BCUT2D eigenvalue weighted by Crippen LogP contribution is 2.38. The SMILES string of the molecule is COc1c(NC(=O)O)[c]c(Br)c(NC(=O)O)c1F. The van der Waals surface area contributed by atoms with E-state index in [0.29, 0.717) is 0 Å². The van der Waals surface area contributed by atoms with Crippen molar-refractivity contribution >= 4 is 39.5 Å². The molecule has 1 aromatic carbocycles. The van der Waals surface area contributed by atoms with Gasteiger partial charge in [0.2, 0.25) is 0 Å². The number of benzene rings is 1. The van der Waals surface area contributed by atoms with Gasteiger partial charge in [-0.25, -0.2) is 14.0 Å². The van der Waals surface area contributed by atoms with Crippen molar-refractivity contribution in [2.45, 2.75) is 0 Å². The molecule has 0 bridgehead atoms. The molecule has 0 spiro atoms. The predicted octanol–water partition coefficient (Wildman–Crippen LogP) is 2.58.